The van der Waals surface area contributed by atoms with Gasteiger partial charge in [0.1, 0.15) is 0 Å². The van der Waals surface area contributed by atoms with Crippen molar-refractivity contribution in [2.75, 3.05) is 62.5 Å². The largest absolute Gasteiger partial charge is 0.474 e. The maximum atomic E-state index is 13.5. The second-order valence-corrected chi connectivity index (χ2v) is 13.3. The molecule has 0 rings (SSSR count). The van der Waals surface area contributed by atoms with Crippen LogP contribution in [-0.2, 0) is 18.1 Å². The summed E-state index contributed by atoms with van der Waals surface area (Å²) < 4.78 is 30.9. The average molecular weight is 940 g/mol. The standard InChI is InChI=1S/C15H25Br8O4P/c1-13(2-16,3-17)10-25-28(24,26-11-14(4-18,5-19)6-20)27-12-15(7-21,8-22)9-23/h2-12H2,1H3. The van der Waals surface area contributed by atoms with Crippen molar-refractivity contribution in [1.82, 2.24) is 0 Å². The summed E-state index contributed by atoms with van der Waals surface area (Å²) in [6, 6.07) is 0. The highest BCUT2D eigenvalue weighted by Crippen LogP contribution is 2.53. The van der Waals surface area contributed by atoms with Crippen LogP contribution in [0.15, 0.2) is 0 Å². The minimum absolute atomic E-state index is 0.218. The number of rotatable bonds is 17. The lowest BCUT2D eigenvalue weighted by atomic mass is 9.98. The Hall–Kier alpha value is 3.95. The molecule has 0 atom stereocenters. The molecule has 28 heavy (non-hydrogen) atoms. The first kappa shape index (κ1) is 31.9. The van der Waals surface area contributed by atoms with Gasteiger partial charge >= 0.3 is 7.82 Å². The molecule has 0 N–H and O–H groups in total. The van der Waals surface area contributed by atoms with Gasteiger partial charge in [-0.15, -0.1) is 0 Å². The summed E-state index contributed by atoms with van der Waals surface area (Å²) in [4.78, 5) is 0. The minimum atomic E-state index is -3.78. The summed E-state index contributed by atoms with van der Waals surface area (Å²) >= 11 is 28.1. The van der Waals surface area contributed by atoms with E-state index >= 15 is 0 Å². The van der Waals surface area contributed by atoms with Gasteiger partial charge in [-0.05, 0) is 0 Å². The van der Waals surface area contributed by atoms with E-state index in [1.165, 1.54) is 0 Å². The van der Waals surface area contributed by atoms with E-state index in [2.05, 4.69) is 127 Å². The first-order chi connectivity index (χ1) is 13.1. The van der Waals surface area contributed by atoms with Crippen LogP contribution in [0.25, 0.3) is 0 Å². The van der Waals surface area contributed by atoms with Crippen molar-refractivity contribution < 1.29 is 18.1 Å². The summed E-state index contributed by atoms with van der Waals surface area (Å²) in [5.41, 5.74) is -0.779. The van der Waals surface area contributed by atoms with Crippen LogP contribution in [0.5, 0.6) is 0 Å². The van der Waals surface area contributed by atoms with Gasteiger partial charge < -0.3 is 0 Å². The lowest BCUT2D eigenvalue weighted by Gasteiger charge is -2.33. The van der Waals surface area contributed by atoms with Crippen molar-refractivity contribution in [2.24, 2.45) is 16.2 Å². The topological polar surface area (TPSA) is 44.8 Å². The van der Waals surface area contributed by atoms with Gasteiger partial charge in [0.25, 0.3) is 0 Å². The lowest BCUT2D eigenvalue weighted by Crippen LogP contribution is -2.35. The van der Waals surface area contributed by atoms with Gasteiger partial charge in [-0.3, -0.25) is 13.6 Å². The maximum Gasteiger partial charge on any atom is 0.474 e. The molecule has 0 saturated carbocycles. The fourth-order valence-electron chi connectivity index (χ4n) is 1.34. The third-order valence-electron chi connectivity index (χ3n) is 3.97. The van der Waals surface area contributed by atoms with E-state index in [0.717, 1.165) is 0 Å². The second kappa shape index (κ2) is 15.8. The van der Waals surface area contributed by atoms with Crippen molar-refractivity contribution in [3.05, 3.63) is 0 Å². The van der Waals surface area contributed by atoms with E-state index < -0.39 is 7.82 Å². The number of phosphoric acid groups is 1. The summed E-state index contributed by atoms with van der Waals surface area (Å²) in [5.74, 6) is 0. The smallest absolute Gasteiger partial charge is 0.286 e. The quantitative estimate of drug-likeness (QED) is 0.109. The molecule has 0 fully saturated rings. The normalized spacial score (nSPS) is 13.9. The average Bonchev–Trinajstić information content (AvgIpc) is 2.75. The van der Waals surface area contributed by atoms with E-state index in [9.17, 15) is 4.57 Å². The Morgan fingerprint density at radius 1 is 0.571 bits per heavy atom. The molecule has 13 heteroatoms. The van der Waals surface area contributed by atoms with Crippen LogP contribution >= 0.6 is 135 Å². The Balaban J connectivity index is 5.43. The third kappa shape index (κ3) is 10.5. The Labute approximate surface area is 236 Å². The first-order valence-corrected chi connectivity index (χ1v) is 18.6. The number of hydrogen-bond acceptors (Lipinski definition) is 4. The van der Waals surface area contributed by atoms with Crippen molar-refractivity contribution in [2.45, 2.75) is 6.92 Å². The Morgan fingerprint density at radius 3 is 1.11 bits per heavy atom. The fraction of sp³-hybridized carbons (Fsp3) is 1.00. The van der Waals surface area contributed by atoms with Crippen LogP contribution in [0.1, 0.15) is 6.92 Å². The van der Waals surface area contributed by atoms with E-state index in [-0.39, 0.29) is 36.1 Å². The van der Waals surface area contributed by atoms with E-state index in [4.69, 9.17) is 13.6 Å². The van der Waals surface area contributed by atoms with Crippen molar-refractivity contribution in [3.63, 3.8) is 0 Å². The van der Waals surface area contributed by atoms with Crippen molar-refractivity contribution in [1.29, 1.82) is 0 Å². The van der Waals surface area contributed by atoms with Gasteiger partial charge in [0.15, 0.2) is 0 Å². The van der Waals surface area contributed by atoms with Crippen LogP contribution in [0, 0.1) is 16.2 Å². The van der Waals surface area contributed by atoms with Crippen LogP contribution in [-0.4, -0.2) is 62.5 Å². The van der Waals surface area contributed by atoms with E-state index in [1.54, 1.807) is 0 Å². The van der Waals surface area contributed by atoms with Crippen molar-refractivity contribution >= 4 is 135 Å². The molecule has 0 heterocycles. The zero-order valence-electron chi connectivity index (χ0n) is 15.4. The number of hydrogen-bond donors (Lipinski definition) is 0. The highest BCUT2D eigenvalue weighted by atomic mass is 79.9. The Morgan fingerprint density at radius 2 is 0.857 bits per heavy atom. The van der Waals surface area contributed by atoms with Crippen LogP contribution in [0.3, 0.4) is 0 Å². The summed E-state index contributed by atoms with van der Waals surface area (Å²) in [7, 11) is -3.78. The Bertz CT molecular complexity index is 428. The molecule has 0 amide bonds. The van der Waals surface area contributed by atoms with Gasteiger partial charge in [0.05, 0.1) is 19.8 Å². The monoisotopic (exact) mass is 931 g/mol. The van der Waals surface area contributed by atoms with Crippen molar-refractivity contribution in [3.8, 4) is 0 Å². The molecule has 0 bridgehead atoms. The summed E-state index contributed by atoms with van der Waals surface area (Å²) in [5, 5.41) is 5.41. The van der Waals surface area contributed by atoms with Crippen LogP contribution in [0.4, 0.5) is 0 Å². The molecule has 0 saturated heterocycles. The lowest BCUT2D eigenvalue weighted by molar-refractivity contribution is 0.0572. The highest BCUT2D eigenvalue weighted by Gasteiger charge is 2.39. The molecule has 0 aromatic heterocycles. The van der Waals surface area contributed by atoms with Crippen LogP contribution < -0.4 is 0 Å². The fourth-order valence-corrected chi connectivity index (χ4v) is 10.7. The van der Waals surface area contributed by atoms with Gasteiger partial charge in [-0.25, -0.2) is 4.57 Å². The van der Waals surface area contributed by atoms with Gasteiger partial charge in [0.2, 0.25) is 0 Å². The van der Waals surface area contributed by atoms with E-state index in [1.807, 2.05) is 6.92 Å². The van der Waals surface area contributed by atoms with Gasteiger partial charge in [0, 0.05) is 58.9 Å². The molecule has 0 aromatic rings. The number of phosphoric ester groups is 1. The van der Waals surface area contributed by atoms with Gasteiger partial charge in [-0.1, -0.05) is 134 Å². The Kier molecular flexibility index (Phi) is 18.0. The number of halogens is 8. The molecular formula is C15H25Br8O4P. The summed E-state index contributed by atoms with van der Waals surface area (Å²) in [6.45, 7) is 2.69. The molecule has 0 aliphatic heterocycles. The van der Waals surface area contributed by atoms with E-state index in [0.29, 0.717) is 42.6 Å². The SMILES string of the molecule is CC(CBr)(CBr)COP(=O)(OCC(CBr)(CBr)CBr)OCC(CBr)(CBr)CBr. The third-order valence-corrected chi connectivity index (χ3v) is 15.2. The molecule has 0 radical (unpaired) electrons. The molecule has 0 unspecified atom stereocenters. The molecule has 0 aromatic carbocycles. The summed E-state index contributed by atoms with van der Waals surface area (Å²) in [6.07, 6.45) is 0. The molecule has 170 valence electrons. The second-order valence-electron chi connectivity index (χ2n) is 7.15. The zero-order valence-corrected chi connectivity index (χ0v) is 29.0. The maximum absolute atomic E-state index is 13.5. The molecule has 0 aliphatic rings. The highest BCUT2D eigenvalue weighted by molar-refractivity contribution is 9.11. The molecule has 0 aliphatic carbocycles. The van der Waals surface area contributed by atoms with Gasteiger partial charge in [-0.2, -0.15) is 0 Å². The molecular weight excluding hydrogens is 914 g/mol. The predicted octanol–water partition coefficient (Wildman–Crippen LogP) is 8.28. The molecule has 0 spiro atoms. The van der Waals surface area contributed by atoms with Crippen LogP contribution in [0.2, 0.25) is 0 Å². The zero-order chi connectivity index (χ0) is 21.9. The minimum Gasteiger partial charge on any atom is -0.286 e. The predicted molar refractivity (Wildman–Crippen MR) is 149 cm³/mol. The number of alkyl halides is 8. The molecule has 4 nitrogen and oxygen atoms in total. The first-order valence-electron chi connectivity index (χ1n) is 8.12.